The van der Waals surface area contributed by atoms with Gasteiger partial charge in [0.15, 0.2) is 0 Å². The van der Waals surface area contributed by atoms with Gasteiger partial charge in [-0.1, -0.05) is 25.5 Å². The quantitative estimate of drug-likeness (QED) is 0.905. The van der Waals surface area contributed by atoms with Crippen LogP contribution in [0.25, 0.3) is 0 Å². The monoisotopic (exact) mass is 261 g/mol. The number of carbonyl (C=O) groups is 1. The number of carbonyl (C=O) groups excluding carboxylic acids is 1. The summed E-state index contributed by atoms with van der Waals surface area (Å²) in [5, 5.41) is 9.62. The van der Waals surface area contributed by atoms with Crippen molar-refractivity contribution in [3.05, 3.63) is 35.4 Å². The number of aliphatic hydroxyl groups is 1. The zero-order valence-electron chi connectivity index (χ0n) is 11.6. The predicted octanol–water partition coefficient (Wildman–Crippen LogP) is 2.63. The number of nitrogens with zero attached hydrogens (tertiary/aromatic N) is 1. The minimum atomic E-state index is -0.360. The minimum absolute atomic E-state index is 0.0424. The second kappa shape index (κ2) is 6.71. The van der Waals surface area contributed by atoms with Crippen LogP contribution in [-0.4, -0.2) is 35.1 Å². The Kier molecular flexibility index (Phi) is 4.97. The van der Waals surface area contributed by atoms with Crippen LogP contribution in [0.4, 0.5) is 0 Å². The fraction of sp³-hybridized carbons (Fsp3) is 0.562. The molecule has 1 aromatic carbocycles. The van der Waals surface area contributed by atoms with Crippen LogP contribution in [0.3, 0.4) is 0 Å². The number of β-amino-alcohol motifs (C(OH)–C–C–N with tert-alkyl or cyclic N) is 1. The van der Waals surface area contributed by atoms with Gasteiger partial charge >= 0.3 is 0 Å². The molecule has 1 atom stereocenters. The smallest absolute Gasteiger partial charge is 0.253 e. The maximum absolute atomic E-state index is 12.3. The summed E-state index contributed by atoms with van der Waals surface area (Å²) < 4.78 is 0. The number of benzene rings is 1. The third kappa shape index (κ3) is 3.80. The number of aryl methyl sites for hydroxylation is 1. The Morgan fingerprint density at radius 1 is 1.37 bits per heavy atom. The fourth-order valence-corrected chi connectivity index (χ4v) is 2.52. The van der Waals surface area contributed by atoms with Gasteiger partial charge in [-0.3, -0.25) is 4.79 Å². The number of hydrogen-bond donors (Lipinski definition) is 1. The van der Waals surface area contributed by atoms with Crippen molar-refractivity contribution in [1.29, 1.82) is 0 Å². The molecule has 0 spiro atoms. The van der Waals surface area contributed by atoms with E-state index in [1.165, 1.54) is 18.4 Å². The third-order valence-electron chi connectivity index (χ3n) is 3.70. The number of amides is 1. The lowest BCUT2D eigenvalue weighted by Crippen LogP contribution is -2.42. The van der Waals surface area contributed by atoms with Crippen molar-refractivity contribution in [2.75, 3.05) is 13.1 Å². The van der Waals surface area contributed by atoms with E-state index < -0.39 is 0 Å². The zero-order chi connectivity index (χ0) is 13.7. The summed E-state index contributed by atoms with van der Waals surface area (Å²) in [4.78, 5) is 14.0. The van der Waals surface area contributed by atoms with Gasteiger partial charge in [0.2, 0.25) is 0 Å². The van der Waals surface area contributed by atoms with E-state index in [1.54, 1.807) is 4.90 Å². The molecule has 1 saturated heterocycles. The first kappa shape index (κ1) is 14.1. The van der Waals surface area contributed by atoms with Gasteiger partial charge in [0.1, 0.15) is 0 Å². The Balaban J connectivity index is 1.98. The average molecular weight is 261 g/mol. The van der Waals surface area contributed by atoms with Gasteiger partial charge < -0.3 is 10.0 Å². The van der Waals surface area contributed by atoms with E-state index in [1.807, 2.05) is 24.3 Å². The Labute approximate surface area is 115 Å². The summed E-state index contributed by atoms with van der Waals surface area (Å²) in [6.45, 7) is 3.41. The topological polar surface area (TPSA) is 40.5 Å². The molecule has 1 heterocycles. The van der Waals surface area contributed by atoms with E-state index >= 15 is 0 Å². The first-order valence-electron chi connectivity index (χ1n) is 7.27. The van der Waals surface area contributed by atoms with Crippen LogP contribution in [0.5, 0.6) is 0 Å². The molecule has 1 aromatic rings. The molecule has 1 aliphatic heterocycles. The molecule has 3 heteroatoms. The van der Waals surface area contributed by atoms with Crippen LogP contribution in [0.2, 0.25) is 0 Å². The Hall–Kier alpha value is -1.35. The molecular weight excluding hydrogens is 238 g/mol. The van der Waals surface area contributed by atoms with E-state index in [2.05, 4.69) is 6.92 Å². The van der Waals surface area contributed by atoms with Crippen molar-refractivity contribution in [2.45, 2.75) is 45.1 Å². The lowest BCUT2D eigenvalue weighted by atomic mass is 10.0. The van der Waals surface area contributed by atoms with Crippen molar-refractivity contribution >= 4 is 5.91 Å². The van der Waals surface area contributed by atoms with Crippen LogP contribution in [0.15, 0.2) is 24.3 Å². The maximum Gasteiger partial charge on any atom is 0.253 e. The fourth-order valence-electron chi connectivity index (χ4n) is 2.52. The molecule has 0 bridgehead atoms. The molecule has 1 amide bonds. The number of likely N-dealkylation sites (tertiary alicyclic amines) is 1. The van der Waals surface area contributed by atoms with Gasteiger partial charge in [-0.15, -0.1) is 0 Å². The van der Waals surface area contributed by atoms with E-state index in [0.717, 1.165) is 31.4 Å². The number of unbranched alkanes of at least 4 members (excludes halogenated alkanes) is 1. The van der Waals surface area contributed by atoms with E-state index in [0.29, 0.717) is 6.54 Å². The molecule has 1 N–H and O–H groups in total. The van der Waals surface area contributed by atoms with E-state index in [4.69, 9.17) is 0 Å². The standard InChI is InChI=1S/C16H23NO2/c1-2-3-5-13-7-9-14(10-8-13)16(19)17-11-4-6-15(18)12-17/h7-10,15,18H,2-6,11-12H2,1H3/t15-/m0/s1. The van der Waals surface area contributed by atoms with Crippen molar-refractivity contribution in [3.8, 4) is 0 Å². The highest BCUT2D eigenvalue weighted by molar-refractivity contribution is 5.94. The molecule has 0 unspecified atom stereocenters. The maximum atomic E-state index is 12.3. The number of hydrogen-bond acceptors (Lipinski definition) is 2. The number of piperidine rings is 1. The molecule has 0 saturated carbocycles. The first-order chi connectivity index (χ1) is 9.20. The third-order valence-corrected chi connectivity index (χ3v) is 3.70. The SMILES string of the molecule is CCCCc1ccc(C(=O)N2CCC[C@H](O)C2)cc1. The van der Waals surface area contributed by atoms with Gasteiger partial charge in [0, 0.05) is 18.7 Å². The van der Waals surface area contributed by atoms with Crippen LogP contribution in [0, 0.1) is 0 Å². The summed E-state index contributed by atoms with van der Waals surface area (Å²) in [5.74, 6) is 0.0424. The van der Waals surface area contributed by atoms with Crippen molar-refractivity contribution < 1.29 is 9.90 Å². The van der Waals surface area contributed by atoms with Crippen molar-refractivity contribution in [3.63, 3.8) is 0 Å². The molecular formula is C16H23NO2. The highest BCUT2D eigenvalue weighted by Gasteiger charge is 2.22. The minimum Gasteiger partial charge on any atom is -0.391 e. The van der Waals surface area contributed by atoms with Crippen molar-refractivity contribution in [2.24, 2.45) is 0 Å². The van der Waals surface area contributed by atoms with Gasteiger partial charge in [-0.2, -0.15) is 0 Å². The van der Waals surface area contributed by atoms with Crippen molar-refractivity contribution in [1.82, 2.24) is 4.90 Å². The Bertz CT molecular complexity index is 413. The lowest BCUT2D eigenvalue weighted by Gasteiger charge is -2.30. The highest BCUT2D eigenvalue weighted by atomic mass is 16.3. The van der Waals surface area contributed by atoms with Crippen LogP contribution >= 0.6 is 0 Å². The number of rotatable bonds is 4. The second-order valence-corrected chi connectivity index (χ2v) is 5.35. The van der Waals surface area contributed by atoms with Gasteiger partial charge in [-0.05, 0) is 43.4 Å². The Morgan fingerprint density at radius 2 is 2.11 bits per heavy atom. The molecule has 3 nitrogen and oxygen atoms in total. The molecule has 1 fully saturated rings. The van der Waals surface area contributed by atoms with Crippen LogP contribution < -0.4 is 0 Å². The largest absolute Gasteiger partial charge is 0.391 e. The average Bonchev–Trinajstić information content (AvgIpc) is 2.45. The van der Waals surface area contributed by atoms with E-state index in [9.17, 15) is 9.90 Å². The molecule has 19 heavy (non-hydrogen) atoms. The molecule has 0 aromatic heterocycles. The summed E-state index contributed by atoms with van der Waals surface area (Å²) in [7, 11) is 0. The predicted molar refractivity (Wildman–Crippen MR) is 76.2 cm³/mol. The summed E-state index contributed by atoms with van der Waals surface area (Å²) in [6, 6.07) is 7.91. The number of aliphatic hydroxyl groups excluding tert-OH is 1. The van der Waals surface area contributed by atoms with Gasteiger partial charge in [-0.25, -0.2) is 0 Å². The van der Waals surface area contributed by atoms with Crippen LogP contribution in [-0.2, 0) is 6.42 Å². The summed E-state index contributed by atoms with van der Waals surface area (Å²) in [5.41, 5.74) is 2.02. The van der Waals surface area contributed by atoms with Gasteiger partial charge in [0.05, 0.1) is 6.10 Å². The van der Waals surface area contributed by atoms with Crippen LogP contribution in [0.1, 0.15) is 48.5 Å². The second-order valence-electron chi connectivity index (χ2n) is 5.35. The Morgan fingerprint density at radius 3 is 2.74 bits per heavy atom. The normalized spacial score (nSPS) is 19.5. The molecule has 2 rings (SSSR count). The molecule has 0 radical (unpaired) electrons. The molecule has 104 valence electrons. The summed E-state index contributed by atoms with van der Waals surface area (Å²) in [6.07, 6.45) is 4.79. The molecule has 0 aliphatic carbocycles. The zero-order valence-corrected chi connectivity index (χ0v) is 11.6. The van der Waals surface area contributed by atoms with E-state index in [-0.39, 0.29) is 12.0 Å². The van der Waals surface area contributed by atoms with Gasteiger partial charge in [0.25, 0.3) is 5.91 Å². The lowest BCUT2D eigenvalue weighted by molar-refractivity contribution is 0.0474. The molecule has 1 aliphatic rings. The first-order valence-corrected chi connectivity index (χ1v) is 7.27. The summed E-state index contributed by atoms with van der Waals surface area (Å²) >= 11 is 0. The highest BCUT2D eigenvalue weighted by Crippen LogP contribution is 2.15.